The Bertz CT molecular complexity index is 330. The molecule has 1 saturated heterocycles. The first kappa shape index (κ1) is 16.3. The number of hydrogen-bond acceptors (Lipinski definition) is 3. The molecule has 0 aromatic heterocycles. The van der Waals surface area contributed by atoms with Crippen LogP contribution in [0.1, 0.15) is 66.2 Å². The summed E-state index contributed by atoms with van der Waals surface area (Å²) in [5, 5.41) is 0. The quantitative estimate of drug-likeness (QED) is 0.864. The molecule has 3 nitrogen and oxygen atoms in total. The predicted octanol–water partition coefficient (Wildman–Crippen LogP) is 3.17. The van der Waals surface area contributed by atoms with E-state index in [2.05, 4.69) is 39.6 Å². The molecule has 0 aromatic rings. The molecule has 2 rings (SSSR count). The Hall–Kier alpha value is -0.120. The van der Waals surface area contributed by atoms with Crippen LogP contribution in [0.25, 0.3) is 0 Å². The summed E-state index contributed by atoms with van der Waals surface area (Å²) in [5.74, 6) is 0. The Morgan fingerprint density at radius 1 is 1.10 bits per heavy atom. The van der Waals surface area contributed by atoms with E-state index in [0.29, 0.717) is 11.5 Å². The van der Waals surface area contributed by atoms with E-state index in [-0.39, 0.29) is 11.1 Å². The van der Waals surface area contributed by atoms with Crippen molar-refractivity contribution in [2.75, 3.05) is 20.2 Å². The minimum atomic E-state index is -0.0418. The maximum Gasteiger partial charge on any atom is 0.0644 e. The summed E-state index contributed by atoms with van der Waals surface area (Å²) in [6, 6.07) is 0.695. The Labute approximate surface area is 125 Å². The van der Waals surface area contributed by atoms with E-state index in [4.69, 9.17) is 10.5 Å². The van der Waals surface area contributed by atoms with Crippen LogP contribution in [0.2, 0.25) is 0 Å². The predicted molar refractivity (Wildman–Crippen MR) is 84.9 cm³/mol. The zero-order valence-corrected chi connectivity index (χ0v) is 14.2. The van der Waals surface area contributed by atoms with Gasteiger partial charge in [-0.1, -0.05) is 13.8 Å². The van der Waals surface area contributed by atoms with Gasteiger partial charge >= 0.3 is 0 Å². The van der Waals surface area contributed by atoms with Gasteiger partial charge in [0, 0.05) is 24.7 Å². The van der Waals surface area contributed by atoms with Crippen LogP contribution in [0, 0.1) is 5.41 Å². The average Bonchev–Trinajstić information content (AvgIpc) is 2.36. The second-order valence-electron chi connectivity index (χ2n) is 8.47. The molecule has 1 atom stereocenters. The van der Waals surface area contributed by atoms with E-state index < -0.39 is 0 Å². The van der Waals surface area contributed by atoms with Crippen molar-refractivity contribution in [3.8, 4) is 0 Å². The molecule has 20 heavy (non-hydrogen) atoms. The molecular weight excluding hydrogens is 248 g/mol. The summed E-state index contributed by atoms with van der Waals surface area (Å²) in [6.45, 7) is 10.8. The molecule has 1 unspecified atom stereocenters. The second-order valence-corrected chi connectivity index (χ2v) is 8.47. The highest BCUT2D eigenvalue weighted by Crippen LogP contribution is 2.42. The van der Waals surface area contributed by atoms with Crippen molar-refractivity contribution in [2.45, 2.75) is 83.4 Å². The van der Waals surface area contributed by atoms with Crippen molar-refractivity contribution >= 4 is 0 Å². The first-order chi connectivity index (χ1) is 9.20. The van der Waals surface area contributed by atoms with Crippen molar-refractivity contribution in [1.29, 1.82) is 0 Å². The van der Waals surface area contributed by atoms with Gasteiger partial charge < -0.3 is 10.5 Å². The molecule has 2 N–H and O–H groups in total. The van der Waals surface area contributed by atoms with Crippen LogP contribution in [0.5, 0.6) is 0 Å². The first-order valence-electron chi connectivity index (χ1n) is 8.27. The highest BCUT2D eigenvalue weighted by molar-refractivity contribution is 5.01. The van der Waals surface area contributed by atoms with Crippen molar-refractivity contribution in [3.05, 3.63) is 0 Å². The van der Waals surface area contributed by atoms with Crippen LogP contribution in [-0.2, 0) is 4.74 Å². The number of rotatable bonds is 3. The maximum absolute atomic E-state index is 6.22. The van der Waals surface area contributed by atoms with Crippen molar-refractivity contribution < 1.29 is 4.74 Å². The molecule has 1 saturated carbocycles. The zero-order chi connectivity index (χ0) is 15.0. The van der Waals surface area contributed by atoms with E-state index in [1.54, 1.807) is 0 Å². The van der Waals surface area contributed by atoms with Crippen LogP contribution in [-0.4, -0.2) is 42.3 Å². The van der Waals surface area contributed by atoms with Crippen molar-refractivity contribution in [1.82, 2.24) is 4.90 Å². The highest BCUT2D eigenvalue weighted by atomic mass is 16.5. The van der Waals surface area contributed by atoms with Crippen LogP contribution in [0.3, 0.4) is 0 Å². The molecule has 1 aliphatic carbocycles. The Kier molecular flexibility index (Phi) is 4.54. The van der Waals surface area contributed by atoms with Crippen LogP contribution in [0.4, 0.5) is 0 Å². The largest absolute Gasteiger partial charge is 0.375 e. The smallest absolute Gasteiger partial charge is 0.0644 e. The normalized spacial score (nSPS) is 34.4. The molecule has 1 aliphatic heterocycles. The van der Waals surface area contributed by atoms with Crippen LogP contribution in [0.15, 0.2) is 0 Å². The van der Waals surface area contributed by atoms with Gasteiger partial charge in [-0.25, -0.2) is 0 Å². The van der Waals surface area contributed by atoms with Gasteiger partial charge in [0.1, 0.15) is 0 Å². The number of hydrogen-bond donors (Lipinski definition) is 1. The van der Waals surface area contributed by atoms with E-state index in [0.717, 1.165) is 26.0 Å². The molecule has 2 fully saturated rings. The molecule has 0 bridgehead atoms. The lowest BCUT2D eigenvalue weighted by Gasteiger charge is -2.53. The molecule has 0 spiro atoms. The van der Waals surface area contributed by atoms with Gasteiger partial charge in [-0.05, 0) is 64.8 Å². The van der Waals surface area contributed by atoms with Gasteiger partial charge in [-0.3, -0.25) is 4.90 Å². The molecule has 0 amide bonds. The lowest BCUT2D eigenvalue weighted by Crippen LogP contribution is -2.62. The summed E-state index contributed by atoms with van der Waals surface area (Å²) in [6.07, 6.45) is 7.42. The Morgan fingerprint density at radius 2 is 1.70 bits per heavy atom. The van der Waals surface area contributed by atoms with Gasteiger partial charge in [0.2, 0.25) is 0 Å². The molecule has 3 heteroatoms. The Morgan fingerprint density at radius 3 is 2.20 bits per heavy atom. The van der Waals surface area contributed by atoms with Gasteiger partial charge in [-0.15, -0.1) is 0 Å². The molecular formula is C17H34N2O. The van der Waals surface area contributed by atoms with E-state index >= 15 is 0 Å². The SMILES string of the molecule is CN(C1CCC(C)(C)CC1)C1(CN)CCOC(C)(C)C1. The van der Waals surface area contributed by atoms with Crippen molar-refractivity contribution in [2.24, 2.45) is 11.1 Å². The fraction of sp³-hybridized carbons (Fsp3) is 1.00. The number of ether oxygens (including phenoxy) is 1. The molecule has 118 valence electrons. The maximum atomic E-state index is 6.22. The summed E-state index contributed by atoms with van der Waals surface area (Å²) < 4.78 is 5.91. The second kappa shape index (κ2) is 5.58. The third kappa shape index (κ3) is 3.37. The fourth-order valence-corrected chi connectivity index (χ4v) is 4.23. The number of nitrogens with zero attached hydrogens (tertiary/aromatic N) is 1. The average molecular weight is 282 g/mol. The summed E-state index contributed by atoms with van der Waals surface area (Å²) >= 11 is 0. The van der Waals surface area contributed by atoms with Crippen LogP contribution >= 0.6 is 0 Å². The van der Waals surface area contributed by atoms with Gasteiger partial charge in [0.25, 0.3) is 0 Å². The first-order valence-corrected chi connectivity index (χ1v) is 8.27. The lowest BCUT2D eigenvalue weighted by molar-refractivity contribution is -0.124. The fourth-order valence-electron chi connectivity index (χ4n) is 4.23. The standard InChI is InChI=1S/C17H34N2O/c1-15(2)8-6-14(7-9-15)19(5)17(13-18)10-11-20-16(3,4)12-17/h14H,6-13,18H2,1-5H3. The summed E-state index contributed by atoms with van der Waals surface area (Å²) in [4.78, 5) is 2.62. The van der Waals surface area contributed by atoms with Gasteiger partial charge in [0.15, 0.2) is 0 Å². The molecule has 0 radical (unpaired) electrons. The van der Waals surface area contributed by atoms with E-state index in [1.165, 1.54) is 25.7 Å². The topological polar surface area (TPSA) is 38.5 Å². The minimum Gasteiger partial charge on any atom is -0.375 e. The lowest BCUT2D eigenvalue weighted by atomic mass is 9.73. The summed E-state index contributed by atoms with van der Waals surface area (Å²) in [5.41, 5.74) is 6.84. The number of likely N-dealkylation sites (N-methyl/N-ethyl adjacent to an activating group) is 1. The third-order valence-corrected chi connectivity index (χ3v) is 5.80. The van der Waals surface area contributed by atoms with Gasteiger partial charge in [-0.2, -0.15) is 0 Å². The van der Waals surface area contributed by atoms with E-state index in [9.17, 15) is 0 Å². The number of nitrogens with two attached hydrogens (primary N) is 1. The van der Waals surface area contributed by atoms with Crippen LogP contribution < -0.4 is 5.73 Å². The zero-order valence-electron chi connectivity index (χ0n) is 14.2. The third-order valence-electron chi connectivity index (χ3n) is 5.80. The van der Waals surface area contributed by atoms with E-state index in [1.807, 2.05) is 0 Å². The van der Waals surface area contributed by atoms with Crippen molar-refractivity contribution in [3.63, 3.8) is 0 Å². The highest BCUT2D eigenvalue weighted by Gasteiger charge is 2.45. The molecule has 1 heterocycles. The molecule has 0 aromatic carbocycles. The monoisotopic (exact) mass is 282 g/mol. The Balaban J connectivity index is 2.07. The summed E-state index contributed by atoms with van der Waals surface area (Å²) in [7, 11) is 2.30. The molecule has 2 aliphatic rings. The minimum absolute atomic E-state index is 0.0418. The van der Waals surface area contributed by atoms with Gasteiger partial charge in [0.05, 0.1) is 5.60 Å².